The number of benzene rings is 1. The molecule has 0 saturated carbocycles. The SMILES string of the molecule is Cc1ccccc1C1CCN(C(=O)C(OC(N)=O)C(C)(C)C)CC1. The number of amides is 2. The van der Waals surface area contributed by atoms with Gasteiger partial charge in [-0.25, -0.2) is 4.79 Å². The van der Waals surface area contributed by atoms with Crippen LogP contribution in [0.1, 0.15) is 50.7 Å². The molecule has 0 aromatic heterocycles. The summed E-state index contributed by atoms with van der Waals surface area (Å²) < 4.78 is 5.11. The summed E-state index contributed by atoms with van der Waals surface area (Å²) in [5.74, 6) is 0.324. The van der Waals surface area contributed by atoms with Crippen molar-refractivity contribution in [3.05, 3.63) is 35.4 Å². The molecule has 0 aliphatic carbocycles. The average molecular weight is 332 g/mol. The van der Waals surface area contributed by atoms with Gasteiger partial charge in [0.15, 0.2) is 6.10 Å². The van der Waals surface area contributed by atoms with E-state index in [2.05, 4.69) is 25.1 Å². The van der Waals surface area contributed by atoms with E-state index in [1.165, 1.54) is 11.1 Å². The predicted molar refractivity (Wildman–Crippen MR) is 93.6 cm³/mol. The van der Waals surface area contributed by atoms with E-state index in [0.29, 0.717) is 19.0 Å². The van der Waals surface area contributed by atoms with Gasteiger partial charge in [0.25, 0.3) is 5.91 Å². The molecule has 1 unspecified atom stereocenters. The third kappa shape index (κ3) is 4.28. The van der Waals surface area contributed by atoms with Crippen LogP contribution in [0.15, 0.2) is 24.3 Å². The summed E-state index contributed by atoms with van der Waals surface area (Å²) in [6, 6.07) is 8.41. The Kier molecular flexibility index (Phi) is 5.52. The second kappa shape index (κ2) is 7.24. The van der Waals surface area contributed by atoms with Gasteiger partial charge in [0, 0.05) is 18.5 Å². The van der Waals surface area contributed by atoms with Crippen LogP contribution in [0.5, 0.6) is 0 Å². The highest BCUT2D eigenvalue weighted by Crippen LogP contribution is 2.32. The van der Waals surface area contributed by atoms with E-state index in [1.807, 2.05) is 26.8 Å². The molecule has 2 rings (SSSR count). The fourth-order valence-electron chi connectivity index (χ4n) is 3.34. The van der Waals surface area contributed by atoms with E-state index < -0.39 is 17.6 Å². The molecule has 0 spiro atoms. The molecule has 1 aliphatic heterocycles. The van der Waals surface area contributed by atoms with Crippen LogP contribution in [0.3, 0.4) is 0 Å². The molecule has 2 amide bonds. The second-order valence-corrected chi connectivity index (χ2v) is 7.64. The normalized spacial score (nSPS) is 17.4. The fraction of sp³-hybridized carbons (Fsp3) is 0.579. The molecule has 1 saturated heterocycles. The topological polar surface area (TPSA) is 72.6 Å². The highest BCUT2D eigenvalue weighted by Gasteiger charge is 2.38. The first-order chi connectivity index (χ1) is 11.2. The highest BCUT2D eigenvalue weighted by molar-refractivity contribution is 5.84. The van der Waals surface area contributed by atoms with Crippen LogP contribution in [0.25, 0.3) is 0 Å². The van der Waals surface area contributed by atoms with E-state index in [9.17, 15) is 9.59 Å². The summed E-state index contributed by atoms with van der Waals surface area (Å²) in [5.41, 5.74) is 7.32. The van der Waals surface area contributed by atoms with E-state index in [0.717, 1.165) is 12.8 Å². The number of piperidine rings is 1. The molecule has 5 heteroatoms. The Morgan fingerprint density at radius 1 is 1.21 bits per heavy atom. The Morgan fingerprint density at radius 2 is 1.79 bits per heavy atom. The van der Waals surface area contributed by atoms with Gasteiger partial charge in [-0.3, -0.25) is 4.79 Å². The summed E-state index contributed by atoms with van der Waals surface area (Å²) in [5, 5.41) is 0. The Hall–Kier alpha value is -2.04. The van der Waals surface area contributed by atoms with Crippen molar-refractivity contribution in [1.82, 2.24) is 4.90 Å². The number of aryl methyl sites for hydroxylation is 1. The van der Waals surface area contributed by atoms with Crippen molar-refractivity contribution in [3.63, 3.8) is 0 Å². The summed E-state index contributed by atoms with van der Waals surface area (Å²) in [6.07, 6.45) is 0.0942. The number of nitrogens with zero attached hydrogens (tertiary/aromatic N) is 1. The minimum absolute atomic E-state index is 0.149. The van der Waals surface area contributed by atoms with Crippen molar-refractivity contribution >= 4 is 12.0 Å². The predicted octanol–water partition coefficient (Wildman–Crippen LogP) is 3.21. The molecule has 5 nitrogen and oxygen atoms in total. The zero-order valence-corrected chi connectivity index (χ0v) is 15.0. The number of rotatable bonds is 3. The van der Waals surface area contributed by atoms with Crippen molar-refractivity contribution in [2.75, 3.05) is 13.1 Å². The Labute approximate surface area is 144 Å². The lowest BCUT2D eigenvalue weighted by molar-refractivity contribution is -0.146. The third-order valence-corrected chi connectivity index (χ3v) is 4.68. The smallest absolute Gasteiger partial charge is 0.405 e. The molecule has 1 aromatic carbocycles. The zero-order chi connectivity index (χ0) is 17.9. The average Bonchev–Trinajstić information content (AvgIpc) is 2.51. The van der Waals surface area contributed by atoms with E-state index in [4.69, 9.17) is 10.5 Å². The summed E-state index contributed by atoms with van der Waals surface area (Å²) >= 11 is 0. The van der Waals surface area contributed by atoms with Crippen molar-refractivity contribution in [3.8, 4) is 0 Å². The molecular weight excluding hydrogens is 304 g/mol. The van der Waals surface area contributed by atoms with Crippen molar-refractivity contribution in [2.45, 2.75) is 52.6 Å². The molecule has 1 heterocycles. The number of likely N-dealkylation sites (tertiary alicyclic amines) is 1. The summed E-state index contributed by atoms with van der Waals surface area (Å²) in [7, 11) is 0. The Balaban J connectivity index is 2.04. The molecular formula is C19H28N2O3. The quantitative estimate of drug-likeness (QED) is 0.923. The van der Waals surface area contributed by atoms with Gasteiger partial charge in [0.2, 0.25) is 0 Å². The van der Waals surface area contributed by atoms with Crippen LogP contribution in [0.4, 0.5) is 4.79 Å². The molecule has 24 heavy (non-hydrogen) atoms. The number of hydrogen-bond donors (Lipinski definition) is 1. The number of ether oxygens (including phenoxy) is 1. The van der Waals surface area contributed by atoms with Gasteiger partial charge < -0.3 is 15.4 Å². The molecule has 132 valence electrons. The first kappa shape index (κ1) is 18.3. The maximum Gasteiger partial charge on any atom is 0.405 e. The van der Waals surface area contributed by atoms with Gasteiger partial charge in [0.05, 0.1) is 0 Å². The van der Waals surface area contributed by atoms with Crippen LogP contribution < -0.4 is 5.73 Å². The van der Waals surface area contributed by atoms with Gasteiger partial charge in [-0.1, -0.05) is 45.0 Å². The first-order valence-electron chi connectivity index (χ1n) is 8.50. The van der Waals surface area contributed by atoms with Gasteiger partial charge in [0.1, 0.15) is 0 Å². The van der Waals surface area contributed by atoms with Crippen LogP contribution in [0, 0.1) is 12.3 Å². The molecule has 0 bridgehead atoms. The molecule has 1 fully saturated rings. The van der Waals surface area contributed by atoms with Gasteiger partial charge in [-0.2, -0.15) is 0 Å². The van der Waals surface area contributed by atoms with E-state index in [1.54, 1.807) is 4.90 Å². The number of primary amides is 1. The van der Waals surface area contributed by atoms with Crippen LogP contribution in [-0.2, 0) is 9.53 Å². The first-order valence-corrected chi connectivity index (χ1v) is 8.50. The van der Waals surface area contributed by atoms with Crippen molar-refractivity contribution in [1.29, 1.82) is 0 Å². The maximum atomic E-state index is 12.8. The molecule has 2 N–H and O–H groups in total. The maximum absolute atomic E-state index is 12.8. The van der Waals surface area contributed by atoms with Crippen molar-refractivity contribution < 1.29 is 14.3 Å². The standard InChI is InChI=1S/C19H28N2O3/c1-13-7-5-6-8-15(13)14-9-11-21(12-10-14)17(22)16(19(2,3)4)24-18(20)23/h5-8,14,16H,9-12H2,1-4H3,(H2,20,23). The minimum Gasteiger partial charge on any atom is -0.436 e. The lowest BCUT2D eigenvalue weighted by atomic mass is 9.85. The monoisotopic (exact) mass is 332 g/mol. The van der Waals surface area contributed by atoms with Crippen LogP contribution >= 0.6 is 0 Å². The molecule has 1 atom stereocenters. The minimum atomic E-state index is -0.905. The fourth-order valence-corrected chi connectivity index (χ4v) is 3.34. The Morgan fingerprint density at radius 3 is 2.29 bits per heavy atom. The second-order valence-electron chi connectivity index (χ2n) is 7.64. The lowest BCUT2D eigenvalue weighted by Gasteiger charge is -2.37. The number of nitrogens with two attached hydrogens (primary N) is 1. The van der Waals surface area contributed by atoms with E-state index in [-0.39, 0.29) is 5.91 Å². The third-order valence-electron chi connectivity index (χ3n) is 4.68. The lowest BCUT2D eigenvalue weighted by Crippen LogP contribution is -2.50. The molecule has 0 radical (unpaired) electrons. The summed E-state index contributed by atoms with van der Waals surface area (Å²) in [4.78, 5) is 25.7. The summed E-state index contributed by atoms with van der Waals surface area (Å²) in [6.45, 7) is 9.10. The Bertz CT molecular complexity index is 599. The van der Waals surface area contributed by atoms with Gasteiger partial charge >= 0.3 is 6.09 Å². The zero-order valence-electron chi connectivity index (χ0n) is 15.0. The highest BCUT2D eigenvalue weighted by atomic mass is 16.6. The number of carbonyl (C=O) groups is 2. The van der Waals surface area contributed by atoms with Crippen LogP contribution in [-0.4, -0.2) is 36.1 Å². The molecule has 1 aliphatic rings. The molecule has 1 aromatic rings. The van der Waals surface area contributed by atoms with Crippen LogP contribution in [0.2, 0.25) is 0 Å². The largest absolute Gasteiger partial charge is 0.436 e. The van der Waals surface area contributed by atoms with Gasteiger partial charge in [-0.15, -0.1) is 0 Å². The van der Waals surface area contributed by atoms with E-state index >= 15 is 0 Å². The number of hydrogen-bond acceptors (Lipinski definition) is 3. The number of carbonyl (C=O) groups excluding carboxylic acids is 2. The van der Waals surface area contributed by atoms with Crippen molar-refractivity contribution in [2.24, 2.45) is 11.1 Å². The van der Waals surface area contributed by atoms with Gasteiger partial charge in [-0.05, 0) is 36.8 Å².